The predicted molar refractivity (Wildman–Crippen MR) is 115 cm³/mol. The van der Waals surface area contributed by atoms with Crippen LogP contribution in [0.3, 0.4) is 0 Å². The fraction of sp³-hybridized carbons (Fsp3) is 0.0870. The number of carbonyl (C=O) groups is 1. The number of ether oxygens (including phenoxy) is 1. The summed E-state index contributed by atoms with van der Waals surface area (Å²) in [7, 11) is 1.21. The van der Waals surface area contributed by atoms with Crippen molar-refractivity contribution in [1.29, 1.82) is 0 Å². The Morgan fingerprint density at radius 2 is 1.73 bits per heavy atom. The van der Waals surface area contributed by atoms with Gasteiger partial charge in [-0.15, -0.1) is 0 Å². The highest BCUT2D eigenvalue weighted by Crippen LogP contribution is 2.38. The molecule has 0 spiro atoms. The molecular formula is C23H17N3O7. The summed E-state index contributed by atoms with van der Waals surface area (Å²) in [6, 6.07) is 12.1. The zero-order valence-corrected chi connectivity index (χ0v) is 17.2. The van der Waals surface area contributed by atoms with Gasteiger partial charge in [0.15, 0.2) is 0 Å². The minimum atomic E-state index is -0.832. The topological polar surface area (TPSA) is 154 Å². The van der Waals surface area contributed by atoms with Crippen LogP contribution in [0.1, 0.15) is 22.7 Å². The molecule has 0 fully saturated rings. The number of aromatic hydroxyl groups is 2. The fourth-order valence-electron chi connectivity index (χ4n) is 3.87. The Kier molecular flexibility index (Phi) is 4.56. The molecule has 0 saturated carbocycles. The number of phenols is 2. The van der Waals surface area contributed by atoms with Crippen LogP contribution in [0, 0.1) is 0 Å². The van der Waals surface area contributed by atoms with Crippen LogP contribution in [-0.2, 0) is 9.53 Å². The quantitative estimate of drug-likeness (QED) is 0.385. The van der Waals surface area contributed by atoms with E-state index in [1.807, 2.05) is 0 Å². The van der Waals surface area contributed by atoms with Crippen LogP contribution in [0.4, 0.5) is 6.01 Å². The van der Waals surface area contributed by atoms with Gasteiger partial charge in [-0.05, 0) is 41.5 Å². The van der Waals surface area contributed by atoms with Gasteiger partial charge in [0, 0.05) is 0 Å². The molecule has 3 heterocycles. The number of anilines is 1. The zero-order chi connectivity index (χ0) is 23.3. The Morgan fingerprint density at radius 1 is 1.09 bits per heavy atom. The highest BCUT2D eigenvalue weighted by atomic mass is 16.5. The molecule has 1 aliphatic rings. The number of esters is 1. The lowest BCUT2D eigenvalue weighted by molar-refractivity contribution is -0.134. The van der Waals surface area contributed by atoms with Crippen LogP contribution < -0.4 is 22.3 Å². The van der Waals surface area contributed by atoms with Crippen molar-refractivity contribution in [3.63, 3.8) is 0 Å². The lowest BCUT2D eigenvalue weighted by atomic mass is 9.87. The molecule has 1 atom stereocenters. The third-order valence-electron chi connectivity index (χ3n) is 5.32. The molecule has 2 aromatic carbocycles. The van der Waals surface area contributed by atoms with E-state index in [1.54, 1.807) is 24.3 Å². The van der Waals surface area contributed by atoms with Crippen molar-refractivity contribution in [3.05, 3.63) is 86.7 Å². The first kappa shape index (κ1) is 20.2. The van der Waals surface area contributed by atoms with Gasteiger partial charge in [-0.25, -0.2) is 14.2 Å². The van der Waals surface area contributed by atoms with Crippen molar-refractivity contribution in [2.45, 2.75) is 5.92 Å². The van der Waals surface area contributed by atoms with E-state index in [1.165, 1.54) is 42.0 Å². The maximum atomic E-state index is 12.9. The molecule has 0 amide bonds. The second-order valence-corrected chi connectivity index (χ2v) is 7.32. The van der Waals surface area contributed by atoms with Gasteiger partial charge in [0.05, 0.1) is 13.0 Å². The molecule has 10 heteroatoms. The molecule has 4 aromatic rings. The molecule has 33 heavy (non-hydrogen) atoms. The van der Waals surface area contributed by atoms with Crippen LogP contribution in [0.2, 0.25) is 0 Å². The normalized spacial score (nSPS) is 15.2. The van der Waals surface area contributed by atoms with E-state index in [4.69, 9.17) is 19.3 Å². The van der Waals surface area contributed by atoms with Crippen molar-refractivity contribution < 1.29 is 28.6 Å². The number of hydrogen-bond donors (Lipinski definition) is 3. The van der Waals surface area contributed by atoms with Gasteiger partial charge in [0.2, 0.25) is 11.4 Å². The minimum Gasteiger partial charge on any atom is -0.508 e. The number of nitrogens with two attached hydrogens (primary N) is 1. The minimum absolute atomic E-state index is 0.0199. The van der Waals surface area contributed by atoms with Crippen LogP contribution in [0.15, 0.2) is 62.2 Å². The van der Waals surface area contributed by atoms with E-state index >= 15 is 0 Å². The molecule has 166 valence electrons. The Labute approximate surface area is 185 Å². The molecule has 0 aliphatic carbocycles. The van der Waals surface area contributed by atoms with Gasteiger partial charge in [-0.2, -0.15) is 4.98 Å². The first-order valence-electron chi connectivity index (χ1n) is 9.78. The summed E-state index contributed by atoms with van der Waals surface area (Å²) >= 11 is 0. The number of aromatic nitrogens is 2. The summed E-state index contributed by atoms with van der Waals surface area (Å²) in [5.74, 6) is -1.35. The summed E-state index contributed by atoms with van der Waals surface area (Å²) in [6.07, 6.45) is 1.52. The summed E-state index contributed by atoms with van der Waals surface area (Å²) in [5.41, 5.74) is 6.50. The average Bonchev–Trinajstić information content (AvgIpc) is 3.33. The van der Waals surface area contributed by atoms with Gasteiger partial charge in [0.1, 0.15) is 28.1 Å². The van der Waals surface area contributed by atoms with Crippen molar-refractivity contribution in [2.75, 3.05) is 12.8 Å². The highest BCUT2D eigenvalue weighted by molar-refractivity contribution is 6.12. The number of nitrogen functional groups attached to an aromatic ring is 1. The standard InChI is InChI=1S/C23H17N3O7/c1-31-22(30)17-16(12-4-8-14(28)9-5-12)18-20(33-23(24)25-18)26-15(21(29)32-19(17)26)10-11-2-6-13(27)7-3-11/h2-10,16,27-28H,1H3,(H2,24,25)/b15-10+/t16-/m0/s1. The lowest BCUT2D eigenvalue weighted by Crippen LogP contribution is -2.37. The van der Waals surface area contributed by atoms with E-state index in [0.29, 0.717) is 11.1 Å². The molecule has 4 N–H and O–H groups in total. The van der Waals surface area contributed by atoms with Gasteiger partial charge in [0.25, 0.3) is 6.01 Å². The Balaban J connectivity index is 1.90. The van der Waals surface area contributed by atoms with Gasteiger partial charge in [-0.3, -0.25) is 0 Å². The summed E-state index contributed by atoms with van der Waals surface area (Å²) in [5, 5.41) is 19.3. The maximum Gasteiger partial charge on any atom is 0.362 e. The second kappa shape index (κ2) is 7.45. The number of oxazole rings is 2. The fourth-order valence-corrected chi connectivity index (χ4v) is 3.87. The highest BCUT2D eigenvalue weighted by Gasteiger charge is 2.39. The summed E-state index contributed by atoms with van der Waals surface area (Å²) < 4.78 is 17.5. The second-order valence-electron chi connectivity index (χ2n) is 7.32. The summed E-state index contributed by atoms with van der Waals surface area (Å²) in [6.45, 7) is 0. The monoisotopic (exact) mass is 447 g/mol. The van der Waals surface area contributed by atoms with Crippen molar-refractivity contribution >= 4 is 23.6 Å². The predicted octanol–water partition coefficient (Wildman–Crippen LogP) is 0.710. The van der Waals surface area contributed by atoms with Crippen molar-refractivity contribution in [1.82, 2.24) is 9.55 Å². The molecule has 2 aromatic heterocycles. The number of benzene rings is 2. The van der Waals surface area contributed by atoms with E-state index in [9.17, 15) is 19.8 Å². The van der Waals surface area contributed by atoms with E-state index < -0.39 is 17.5 Å². The SMILES string of the molecule is COC(=O)C1=c2oc(=O)/c(=C\c3ccc(O)cc3)n2-c2oc(N)nc2[C@H]1c1ccc(O)cc1. The number of phenolic OH excluding ortho intramolecular Hbond substituents is 2. The number of fused-ring (bicyclic) bond motifs is 3. The van der Waals surface area contributed by atoms with Gasteiger partial charge in [-0.1, -0.05) is 24.3 Å². The van der Waals surface area contributed by atoms with E-state index in [-0.39, 0.29) is 45.6 Å². The van der Waals surface area contributed by atoms with Crippen molar-refractivity contribution in [3.8, 4) is 17.4 Å². The van der Waals surface area contributed by atoms with E-state index in [2.05, 4.69) is 4.98 Å². The number of hydrogen-bond acceptors (Lipinski definition) is 9. The third-order valence-corrected chi connectivity index (χ3v) is 5.32. The van der Waals surface area contributed by atoms with Crippen LogP contribution in [-0.4, -0.2) is 32.8 Å². The molecule has 0 saturated heterocycles. The van der Waals surface area contributed by atoms with Crippen LogP contribution in [0.5, 0.6) is 11.5 Å². The molecule has 10 nitrogen and oxygen atoms in total. The number of methoxy groups -OCH3 is 1. The third kappa shape index (κ3) is 3.24. The molecular weight excluding hydrogens is 430 g/mol. The number of carbonyl (C=O) groups excluding carboxylic acids is 1. The maximum absolute atomic E-state index is 12.9. The molecule has 0 radical (unpaired) electrons. The van der Waals surface area contributed by atoms with Crippen LogP contribution in [0.25, 0.3) is 17.5 Å². The molecule has 5 rings (SSSR count). The first-order chi connectivity index (χ1) is 15.9. The first-order valence-corrected chi connectivity index (χ1v) is 9.78. The average molecular weight is 447 g/mol. The largest absolute Gasteiger partial charge is 0.508 e. The van der Waals surface area contributed by atoms with Gasteiger partial charge >= 0.3 is 11.6 Å². The Bertz CT molecular complexity index is 1560. The van der Waals surface area contributed by atoms with E-state index in [0.717, 1.165) is 0 Å². The Hall–Kier alpha value is -4.73. The van der Waals surface area contributed by atoms with Crippen LogP contribution >= 0.6 is 0 Å². The molecule has 1 aliphatic heterocycles. The van der Waals surface area contributed by atoms with Crippen molar-refractivity contribution in [2.24, 2.45) is 0 Å². The summed E-state index contributed by atoms with van der Waals surface area (Å²) in [4.78, 5) is 30.1. The number of rotatable bonds is 3. The smallest absolute Gasteiger partial charge is 0.362 e. The Morgan fingerprint density at radius 3 is 2.36 bits per heavy atom. The molecule has 0 bridgehead atoms. The lowest BCUT2D eigenvalue weighted by Gasteiger charge is -2.21. The zero-order valence-electron chi connectivity index (χ0n) is 17.2. The van der Waals surface area contributed by atoms with Gasteiger partial charge < -0.3 is 29.5 Å². The number of nitrogens with zero attached hydrogens (tertiary/aromatic N) is 2. The molecule has 0 unspecified atom stereocenters.